The molecule has 0 spiro atoms. The third kappa shape index (κ3) is 3.13. The van der Waals surface area contributed by atoms with Gasteiger partial charge in [-0.25, -0.2) is 0 Å². The molecule has 0 amide bonds. The summed E-state index contributed by atoms with van der Waals surface area (Å²) in [5, 5.41) is 16.6. The van der Waals surface area contributed by atoms with Gasteiger partial charge in [0.1, 0.15) is 5.75 Å². The molecule has 2 rings (SSSR count). The molecule has 0 bridgehead atoms. The van der Waals surface area contributed by atoms with Crippen LogP contribution in [0.3, 0.4) is 0 Å². The normalized spacial score (nSPS) is 20.2. The number of phenols is 1. The van der Waals surface area contributed by atoms with Crippen LogP contribution in [0.25, 0.3) is 0 Å². The highest BCUT2D eigenvalue weighted by atomic mass is 16.3. The van der Waals surface area contributed by atoms with Gasteiger partial charge in [-0.15, -0.1) is 0 Å². The molecule has 1 unspecified atom stereocenters. The molecule has 1 aromatic carbocycles. The molecule has 0 aromatic heterocycles. The quantitative estimate of drug-likeness (QED) is 0.704. The minimum Gasteiger partial charge on any atom is -0.508 e. The fraction of sp³-hybridized carbons (Fsp3) is 0.571. The number of rotatable bonds is 3. The van der Waals surface area contributed by atoms with Crippen molar-refractivity contribution in [1.82, 2.24) is 5.32 Å². The third-order valence-corrected chi connectivity index (χ3v) is 3.49. The Hall–Kier alpha value is -1.22. The van der Waals surface area contributed by atoms with E-state index >= 15 is 0 Å². The van der Waals surface area contributed by atoms with Crippen molar-refractivity contribution in [3.05, 3.63) is 23.3 Å². The van der Waals surface area contributed by atoms with E-state index in [4.69, 9.17) is 0 Å². The Kier molecular flexibility index (Phi) is 3.89. The van der Waals surface area contributed by atoms with Gasteiger partial charge < -0.3 is 15.7 Å². The van der Waals surface area contributed by atoms with E-state index in [9.17, 15) is 5.11 Å². The molecule has 0 aliphatic carbocycles. The lowest BCUT2D eigenvalue weighted by Crippen LogP contribution is -2.39. The molecule has 1 atom stereocenters. The standard InChI is InChI=1S/C14H22N2O/c1-10-8-14(17)11(2)7-13(10)16-9-12-5-3-4-6-15-12/h7-8,12,15-17H,3-6,9H2,1-2H3. The number of aryl methyl sites for hydroxylation is 2. The average molecular weight is 234 g/mol. The maximum Gasteiger partial charge on any atom is 0.118 e. The molecule has 1 fully saturated rings. The number of hydrogen-bond acceptors (Lipinski definition) is 3. The summed E-state index contributed by atoms with van der Waals surface area (Å²) in [6, 6.07) is 4.43. The molecule has 1 aliphatic heterocycles. The van der Waals surface area contributed by atoms with Crippen LogP contribution >= 0.6 is 0 Å². The molecule has 1 heterocycles. The number of piperidine rings is 1. The molecule has 1 aromatic rings. The highest BCUT2D eigenvalue weighted by molar-refractivity contribution is 5.56. The molecule has 0 radical (unpaired) electrons. The number of phenolic OH excluding ortho intramolecular Hbond substituents is 1. The summed E-state index contributed by atoms with van der Waals surface area (Å²) in [6.07, 6.45) is 3.88. The van der Waals surface area contributed by atoms with Gasteiger partial charge in [0.15, 0.2) is 0 Å². The van der Waals surface area contributed by atoms with Crippen molar-refractivity contribution in [2.45, 2.75) is 39.2 Å². The van der Waals surface area contributed by atoms with Gasteiger partial charge in [0, 0.05) is 18.3 Å². The summed E-state index contributed by atoms with van der Waals surface area (Å²) in [5.41, 5.74) is 3.16. The molecule has 94 valence electrons. The first-order chi connectivity index (χ1) is 8.16. The van der Waals surface area contributed by atoms with Crippen LogP contribution in [0.1, 0.15) is 30.4 Å². The molecular formula is C14H22N2O. The number of anilines is 1. The third-order valence-electron chi connectivity index (χ3n) is 3.49. The Morgan fingerprint density at radius 3 is 2.82 bits per heavy atom. The SMILES string of the molecule is Cc1cc(NCC2CCCCN2)c(C)cc1O. The van der Waals surface area contributed by atoms with Crippen molar-refractivity contribution < 1.29 is 5.11 Å². The van der Waals surface area contributed by atoms with Gasteiger partial charge in [0.05, 0.1) is 0 Å². The fourth-order valence-electron chi connectivity index (χ4n) is 2.32. The second kappa shape index (κ2) is 5.41. The molecule has 3 heteroatoms. The van der Waals surface area contributed by atoms with E-state index in [0.29, 0.717) is 11.8 Å². The lowest BCUT2D eigenvalue weighted by atomic mass is 10.0. The topological polar surface area (TPSA) is 44.3 Å². The molecule has 0 saturated carbocycles. The minimum atomic E-state index is 0.379. The van der Waals surface area contributed by atoms with E-state index in [1.165, 1.54) is 19.3 Å². The second-order valence-corrected chi connectivity index (χ2v) is 4.98. The second-order valence-electron chi connectivity index (χ2n) is 4.98. The van der Waals surface area contributed by atoms with Gasteiger partial charge in [-0.3, -0.25) is 0 Å². The van der Waals surface area contributed by atoms with Crippen molar-refractivity contribution in [3.8, 4) is 5.75 Å². The zero-order chi connectivity index (χ0) is 12.3. The molecular weight excluding hydrogens is 212 g/mol. The number of aromatic hydroxyl groups is 1. The van der Waals surface area contributed by atoms with E-state index in [2.05, 4.69) is 10.6 Å². The Bertz CT molecular complexity index is 384. The summed E-state index contributed by atoms with van der Waals surface area (Å²) in [5.74, 6) is 0.379. The maximum absolute atomic E-state index is 9.60. The number of hydrogen-bond donors (Lipinski definition) is 3. The van der Waals surface area contributed by atoms with Gasteiger partial charge in [-0.2, -0.15) is 0 Å². The van der Waals surface area contributed by atoms with Crippen LogP contribution in [0.5, 0.6) is 5.75 Å². The maximum atomic E-state index is 9.60. The van der Waals surface area contributed by atoms with E-state index < -0.39 is 0 Å². The van der Waals surface area contributed by atoms with Crippen molar-refractivity contribution in [2.75, 3.05) is 18.4 Å². The smallest absolute Gasteiger partial charge is 0.118 e. The van der Waals surface area contributed by atoms with Gasteiger partial charge in [-0.05, 0) is 56.5 Å². The zero-order valence-corrected chi connectivity index (χ0v) is 10.7. The number of nitrogens with one attached hydrogen (secondary N) is 2. The van der Waals surface area contributed by atoms with Gasteiger partial charge in [0.25, 0.3) is 0 Å². The monoisotopic (exact) mass is 234 g/mol. The highest BCUT2D eigenvalue weighted by Gasteiger charge is 2.12. The summed E-state index contributed by atoms with van der Waals surface area (Å²) in [4.78, 5) is 0. The lowest BCUT2D eigenvalue weighted by molar-refractivity contribution is 0.414. The summed E-state index contributed by atoms with van der Waals surface area (Å²) in [6.45, 7) is 6.06. The van der Waals surface area contributed by atoms with Crippen LogP contribution in [-0.2, 0) is 0 Å². The van der Waals surface area contributed by atoms with Crippen molar-refractivity contribution in [1.29, 1.82) is 0 Å². The fourth-order valence-corrected chi connectivity index (χ4v) is 2.32. The summed E-state index contributed by atoms with van der Waals surface area (Å²) < 4.78 is 0. The van der Waals surface area contributed by atoms with Crippen molar-refractivity contribution in [2.24, 2.45) is 0 Å². The van der Waals surface area contributed by atoms with E-state index in [1.54, 1.807) is 0 Å². The molecule has 1 aliphatic rings. The first-order valence-electron chi connectivity index (χ1n) is 6.44. The first kappa shape index (κ1) is 12.2. The molecule has 3 N–H and O–H groups in total. The van der Waals surface area contributed by atoms with Crippen LogP contribution in [0.4, 0.5) is 5.69 Å². The Balaban J connectivity index is 1.96. The van der Waals surface area contributed by atoms with Crippen LogP contribution in [0.2, 0.25) is 0 Å². The van der Waals surface area contributed by atoms with E-state index in [1.807, 2.05) is 26.0 Å². The predicted octanol–water partition coefficient (Wildman–Crippen LogP) is 2.56. The first-order valence-corrected chi connectivity index (χ1v) is 6.44. The van der Waals surface area contributed by atoms with E-state index in [0.717, 1.165) is 29.9 Å². The average Bonchev–Trinajstić information content (AvgIpc) is 2.33. The minimum absolute atomic E-state index is 0.379. The van der Waals surface area contributed by atoms with Crippen molar-refractivity contribution >= 4 is 5.69 Å². The summed E-state index contributed by atoms with van der Waals surface area (Å²) >= 11 is 0. The van der Waals surface area contributed by atoms with Crippen LogP contribution in [0.15, 0.2) is 12.1 Å². The summed E-state index contributed by atoms with van der Waals surface area (Å²) in [7, 11) is 0. The highest BCUT2D eigenvalue weighted by Crippen LogP contribution is 2.25. The van der Waals surface area contributed by atoms with Crippen molar-refractivity contribution in [3.63, 3.8) is 0 Å². The van der Waals surface area contributed by atoms with Gasteiger partial charge >= 0.3 is 0 Å². The van der Waals surface area contributed by atoms with E-state index in [-0.39, 0.29) is 0 Å². The Morgan fingerprint density at radius 2 is 2.12 bits per heavy atom. The zero-order valence-electron chi connectivity index (χ0n) is 10.7. The molecule has 1 saturated heterocycles. The Morgan fingerprint density at radius 1 is 1.29 bits per heavy atom. The van der Waals surface area contributed by atoms with Gasteiger partial charge in [-0.1, -0.05) is 6.42 Å². The largest absolute Gasteiger partial charge is 0.508 e. The molecule has 17 heavy (non-hydrogen) atoms. The van der Waals surface area contributed by atoms with Gasteiger partial charge in [0.2, 0.25) is 0 Å². The lowest BCUT2D eigenvalue weighted by Gasteiger charge is -2.24. The van der Waals surface area contributed by atoms with Crippen LogP contribution in [0, 0.1) is 13.8 Å². The molecule has 3 nitrogen and oxygen atoms in total. The predicted molar refractivity (Wildman–Crippen MR) is 71.7 cm³/mol. The Labute approximate surface area is 103 Å². The van der Waals surface area contributed by atoms with Crippen LogP contribution in [-0.4, -0.2) is 24.2 Å². The number of benzene rings is 1. The van der Waals surface area contributed by atoms with Crippen LogP contribution < -0.4 is 10.6 Å².